The molecule has 1 aliphatic carbocycles. The molecule has 0 saturated carbocycles. The summed E-state index contributed by atoms with van der Waals surface area (Å²) in [6.45, 7) is 0. The van der Waals surface area contributed by atoms with Gasteiger partial charge >= 0.3 is 31.1 Å². The molecule has 7 aromatic carbocycles. The van der Waals surface area contributed by atoms with Crippen LogP contribution >= 0.6 is 0 Å². The molecule has 0 N–H and O–H groups in total. The molecule has 1 aliphatic rings. The van der Waals surface area contributed by atoms with Gasteiger partial charge in [-0.15, -0.1) is 17.5 Å². The van der Waals surface area contributed by atoms with Gasteiger partial charge in [-0.05, 0) is 70.5 Å². The fraction of sp³-hybridized carbons (Fsp3) is 0.0256. The van der Waals surface area contributed by atoms with Gasteiger partial charge in [0.25, 0.3) is 0 Å². The van der Waals surface area contributed by atoms with Crippen LogP contribution in [0.5, 0.6) is 0 Å². The van der Waals surface area contributed by atoms with Crippen LogP contribution in [0.15, 0.2) is 140 Å². The third-order valence-corrected chi connectivity index (χ3v) is 8.06. The van der Waals surface area contributed by atoms with Crippen LogP contribution in [0.3, 0.4) is 0 Å². The third kappa shape index (κ3) is 4.58. The van der Waals surface area contributed by atoms with E-state index in [0.717, 1.165) is 28.9 Å². The van der Waals surface area contributed by atoms with E-state index in [1.165, 1.54) is 49.5 Å². The molecular formula is C39H25NU. The van der Waals surface area contributed by atoms with Crippen molar-refractivity contribution in [2.24, 2.45) is 0 Å². The van der Waals surface area contributed by atoms with Gasteiger partial charge in [0.2, 0.25) is 0 Å². The maximum Gasteiger partial charge on any atom is 2.00 e. The Morgan fingerprint density at radius 3 is 2.07 bits per heavy atom. The molecule has 0 radical (unpaired) electrons. The number of benzene rings is 7. The largest absolute Gasteiger partial charge is 2.00 e. The zero-order valence-electron chi connectivity index (χ0n) is 22.4. The molecule has 0 amide bonds. The molecule has 2 heteroatoms. The van der Waals surface area contributed by atoms with E-state index in [9.17, 15) is 0 Å². The second-order valence-corrected chi connectivity index (χ2v) is 10.4. The molecule has 190 valence electrons. The Hall–Kier alpha value is -4.09. The Morgan fingerprint density at radius 1 is 0.488 bits per heavy atom. The van der Waals surface area contributed by atoms with Gasteiger partial charge in [0.1, 0.15) is 0 Å². The van der Waals surface area contributed by atoms with E-state index in [2.05, 4.69) is 138 Å². The SMILES string of the molecule is [U+2].[c-]1ccccc1-c1[c-]cc2c(ccc3cc(N(c4ccccc4)c4ccc5c(c4)Cc4ccccc4-5)ccc32)c1. The van der Waals surface area contributed by atoms with Crippen LogP contribution in [0.2, 0.25) is 0 Å². The molecule has 8 rings (SSSR count). The zero-order chi connectivity index (χ0) is 26.5. The number of rotatable bonds is 4. The quantitative estimate of drug-likeness (QED) is 0.128. The molecule has 0 aromatic heterocycles. The molecule has 0 saturated heterocycles. The fourth-order valence-electron chi connectivity index (χ4n) is 6.14. The molecule has 0 heterocycles. The summed E-state index contributed by atoms with van der Waals surface area (Å²) < 4.78 is 0. The zero-order valence-corrected chi connectivity index (χ0v) is 26.6. The Bertz CT molecular complexity index is 2030. The van der Waals surface area contributed by atoms with Crippen molar-refractivity contribution in [2.45, 2.75) is 6.42 Å². The number of para-hydroxylation sites is 1. The van der Waals surface area contributed by atoms with Crippen LogP contribution in [0.25, 0.3) is 43.8 Å². The van der Waals surface area contributed by atoms with Crippen LogP contribution in [0.4, 0.5) is 17.1 Å². The summed E-state index contributed by atoms with van der Waals surface area (Å²) in [6, 6.07) is 56.8. The average molecular weight is 746 g/mol. The van der Waals surface area contributed by atoms with E-state index >= 15 is 0 Å². The molecule has 0 unspecified atom stereocenters. The number of hydrogen-bond acceptors (Lipinski definition) is 1. The first kappa shape index (κ1) is 25.9. The van der Waals surface area contributed by atoms with Crippen LogP contribution < -0.4 is 4.90 Å². The second-order valence-electron chi connectivity index (χ2n) is 10.4. The average Bonchev–Trinajstić information content (AvgIpc) is 3.40. The van der Waals surface area contributed by atoms with Crippen LogP contribution in [-0.2, 0) is 6.42 Å². The van der Waals surface area contributed by atoms with Gasteiger partial charge in [-0.2, -0.15) is 36.4 Å². The van der Waals surface area contributed by atoms with E-state index < -0.39 is 0 Å². The van der Waals surface area contributed by atoms with Crippen molar-refractivity contribution in [1.82, 2.24) is 0 Å². The van der Waals surface area contributed by atoms with Gasteiger partial charge in [-0.25, -0.2) is 11.1 Å². The van der Waals surface area contributed by atoms with Gasteiger partial charge in [-0.3, -0.25) is 0 Å². The number of fused-ring (bicyclic) bond motifs is 6. The Kier molecular flexibility index (Phi) is 6.76. The summed E-state index contributed by atoms with van der Waals surface area (Å²) >= 11 is 0. The minimum atomic E-state index is 0. The smallest absolute Gasteiger partial charge is 0.310 e. The number of nitrogens with zero attached hydrogens (tertiary/aromatic N) is 1. The van der Waals surface area contributed by atoms with Gasteiger partial charge in [0.05, 0.1) is 0 Å². The minimum Gasteiger partial charge on any atom is -0.310 e. The van der Waals surface area contributed by atoms with Crippen LogP contribution in [0.1, 0.15) is 11.1 Å². The van der Waals surface area contributed by atoms with Gasteiger partial charge in [0.15, 0.2) is 0 Å². The van der Waals surface area contributed by atoms with Crippen LogP contribution in [-0.4, -0.2) is 0 Å². The van der Waals surface area contributed by atoms with E-state index in [4.69, 9.17) is 0 Å². The fourth-order valence-corrected chi connectivity index (χ4v) is 6.14. The Balaban J connectivity index is 0.00000276. The topological polar surface area (TPSA) is 3.24 Å². The van der Waals surface area contributed by atoms with E-state index in [1.54, 1.807) is 0 Å². The van der Waals surface area contributed by atoms with Crippen molar-refractivity contribution in [3.05, 3.63) is 163 Å². The van der Waals surface area contributed by atoms with E-state index in [0.29, 0.717) is 0 Å². The third-order valence-electron chi connectivity index (χ3n) is 8.06. The summed E-state index contributed by atoms with van der Waals surface area (Å²) in [5.41, 5.74) is 11.1. The summed E-state index contributed by atoms with van der Waals surface area (Å²) in [5, 5.41) is 4.88. The first-order chi connectivity index (χ1) is 19.8. The van der Waals surface area contributed by atoms with Gasteiger partial charge in [-0.1, -0.05) is 77.5 Å². The normalized spacial score (nSPS) is 11.6. The van der Waals surface area contributed by atoms with Crippen LogP contribution in [0, 0.1) is 43.2 Å². The monoisotopic (exact) mass is 745 g/mol. The van der Waals surface area contributed by atoms with Crippen molar-refractivity contribution in [3.63, 3.8) is 0 Å². The molecule has 0 fully saturated rings. The molecule has 7 aromatic rings. The first-order valence-electron chi connectivity index (χ1n) is 13.7. The summed E-state index contributed by atoms with van der Waals surface area (Å²) in [5.74, 6) is 0. The molecule has 0 bridgehead atoms. The Labute approximate surface area is 264 Å². The van der Waals surface area contributed by atoms with E-state index in [-0.39, 0.29) is 31.1 Å². The van der Waals surface area contributed by atoms with Crippen molar-refractivity contribution in [3.8, 4) is 22.3 Å². The van der Waals surface area contributed by atoms with Crippen molar-refractivity contribution >= 4 is 38.6 Å². The number of hydrogen-bond donors (Lipinski definition) is 0. The predicted octanol–water partition coefficient (Wildman–Crippen LogP) is 10.3. The maximum atomic E-state index is 3.50. The van der Waals surface area contributed by atoms with Gasteiger partial charge < -0.3 is 4.90 Å². The Morgan fingerprint density at radius 2 is 1.22 bits per heavy atom. The maximum absolute atomic E-state index is 3.50. The van der Waals surface area contributed by atoms with Gasteiger partial charge in [0, 0.05) is 17.1 Å². The summed E-state index contributed by atoms with van der Waals surface area (Å²) in [4.78, 5) is 2.37. The summed E-state index contributed by atoms with van der Waals surface area (Å²) in [6.07, 6.45) is 0.977. The van der Waals surface area contributed by atoms with Crippen molar-refractivity contribution < 1.29 is 31.1 Å². The molecule has 0 spiro atoms. The summed E-state index contributed by atoms with van der Waals surface area (Å²) in [7, 11) is 0. The van der Waals surface area contributed by atoms with Crippen molar-refractivity contribution in [2.75, 3.05) is 4.90 Å². The number of anilines is 3. The molecule has 0 atom stereocenters. The van der Waals surface area contributed by atoms with Crippen molar-refractivity contribution in [1.29, 1.82) is 0 Å². The molecule has 41 heavy (non-hydrogen) atoms. The standard InChI is InChI=1S/C39H25N.U/c1-3-9-27(10-4-1)28-17-20-37-30(23-28)15-16-31-25-34(18-21-38(31)37)40(33-12-5-2-6-13-33)35-19-22-39-32(26-35)24-29-11-7-8-14-36(29)39;/h1-9,11-16,18-23,25-26H,24H2;/q-2;+2. The minimum absolute atomic E-state index is 0. The first-order valence-corrected chi connectivity index (χ1v) is 13.7. The molecular weight excluding hydrogens is 720 g/mol. The molecule has 1 nitrogen and oxygen atoms in total. The molecule has 0 aliphatic heterocycles. The second kappa shape index (κ2) is 10.7. The van der Waals surface area contributed by atoms with E-state index in [1.807, 2.05) is 18.2 Å². The predicted molar refractivity (Wildman–Crippen MR) is 167 cm³/mol.